The highest BCUT2D eigenvalue weighted by Crippen LogP contribution is 2.36. The molecule has 1 aliphatic rings. The number of anilines is 2. The number of thioether (sulfide) groups is 1. The van der Waals surface area contributed by atoms with Gasteiger partial charge in [0.05, 0.1) is 23.4 Å². The fraction of sp³-hybridized carbons (Fsp3) is 0.148. The Balaban J connectivity index is 1.68. The maximum absolute atomic E-state index is 13.5. The fourth-order valence-corrected chi connectivity index (χ4v) is 4.88. The molecule has 37 heavy (non-hydrogen) atoms. The second-order valence-electron chi connectivity index (χ2n) is 8.32. The molecule has 0 radical (unpaired) electrons. The van der Waals surface area contributed by atoms with Crippen molar-refractivity contribution in [1.82, 2.24) is 0 Å². The van der Waals surface area contributed by atoms with E-state index in [-0.39, 0.29) is 16.3 Å². The van der Waals surface area contributed by atoms with Crippen molar-refractivity contribution < 1.29 is 18.7 Å². The van der Waals surface area contributed by atoms with Crippen LogP contribution in [0.1, 0.15) is 11.1 Å². The molecule has 1 aliphatic heterocycles. The molecule has 0 spiro atoms. The van der Waals surface area contributed by atoms with Crippen LogP contribution < -0.4 is 21.1 Å². The van der Waals surface area contributed by atoms with Crippen molar-refractivity contribution in [2.24, 2.45) is 10.7 Å². The van der Waals surface area contributed by atoms with Gasteiger partial charge in [-0.15, -0.1) is 0 Å². The van der Waals surface area contributed by atoms with E-state index >= 15 is 0 Å². The zero-order chi connectivity index (χ0) is 26.7. The zero-order valence-electron chi connectivity index (χ0n) is 20.3. The summed E-state index contributed by atoms with van der Waals surface area (Å²) in [5, 5.41) is 4.72. The first-order valence-corrected chi connectivity index (χ1v) is 12.5. The number of aliphatic imine (C=N–C) groups is 1. The van der Waals surface area contributed by atoms with Gasteiger partial charge >= 0.3 is 0 Å². The minimum absolute atomic E-state index is 0.0543. The van der Waals surface area contributed by atoms with Gasteiger partial charge in [0.2, 0.25) is 5.91 Å². The summed E-state index contributed by atoms with van der Waals surface area (Å²) in [7, 11) is 1.53. The number of methoxy groups -OCH3 is 1. The van der Waals surface area contributed by atoms with E-state index in [0.29, 0.717) is 27.9 Å². The van der Waals surface area contributed by atoms with E-state index in [2.05, 4.69) is 15.6 Å². The molecule has 2 amide bonds. The molecule has 0 aliphatic carbocycles. The van der Waals surface area contributed by atoms with Gasteiger partial charge in [0.15, 0.2) is 0 Å². The Morgan fingerprint density at radius 2 is 1.78 bits per heavy atom. The van der Waals surface area contributed by atoms with Crippen molar-refractivity contribution in [2.45, 2.75) is 19.1 Å². The second kappa shape index (κ2) is 11.1. The molecule has 4 N–H and O–H groups in total. The first-order chi connectivity index (χ1) is 17.7. The number of benzene rings is 3. The third-order valence-corrected chi connectivity index (χ3v) is 7.23. The number of aryl methyl sites for hydroxylation is 2. The number of hydrogen-bond acceptors (Lipinski definition) is 6. The summed E-state index contributed by atoms with van der Waals surface area (Å²) in [6.07, 6.45) is 0. The van der Waals surface area contributed by atoms with Crippen LogP contribution in [0.25, 0.3) is 0 Å². The Kier molecular flexibility index (Phi) is 7.85. The lowest BCUT2D eigenvalue weighted by molar-refractivity contribution is -0.115. The molecular formula is C27H24ClFN4O3S. The maximum atomic E-state index is 13.5. The molecule has 190 valence electrons. The number of amides is 2. The van der Waals surface area contributed by atoms with Gasteiger partial charge in [-0.1, -0.05) is 35.5 Å². The molecule has 1 heterocycles. The van der Waals surface area contributed by atoms with Crippen LogP contribution in [0.15, 0.2) is 76.9 Å². The molecule has 1 unspecified atom stereocenters. The quantitative estimate of drug-likeness (QED) is 0.371. The Hall–Kier alpha value is -3.82. The highest BCUT2D eigenvalue weighted by atomic mass is 35.5. The van der Waals surface area contributed by atoms with Crippen LogP contribution in [0.4, 0.5) is 21.5 Å². The van der Waals surface area contributed by atoms with Crippen LogP contribution in [0, 0.1) is 19.7 Å². The van der Waals surface area contributed by atoms with Crippen molar-refractivity contribution in [3.63, 3.8) is 0 Å². The number of nitrogens with zero attached hydrogens (tertiary/aromatic N) is 1. The van der Waals surface area contributed by atoms with Gasteiger partial charge in [-0.05, 0) is 67.4 Å². The van der Waals surface area contributed by atoms with E-state index in [4.69, 9.17) is 22.1 Å². The molecule has 3 aromatic carbocycles. The summed E-state index contributed by atoms with van der Waals surface area (Å²) in [6, 6.07) is 16.4. The standard InChI is InChI=1S/C27H24ClFN4O3S/c1-14-7-8-17(11-15(14)2)33-27-22(25(34)31-16-5-4-6-19(12-16)36-3)23(30)24(37-27)26(35)32-18-9-10-21(29)20(28)13-18/h4-13,24H,30H2,1-3H3,(H,31,34)(H,32,35). The van der Waals surface area contributed by atoms with E-state index in [1.807, 2.05) is 32.0 Å². The van der Waals surface area contributed by atoms with Crippen LogP contribution in [0.3, 0.4) is 0 Å². The van der Waals surface area contributed by atoms with Gasteiger partial charge in [0.25, 0.3) is 5.91 Å². The van der Waals surface area contributed by atoms with Crippen molar-refractivity contribution in [1.29, 1.82) is 0 Å². The van der Waals surface area contributed by atoms with Crippen LogP contribution in [0.2, 0.25) is 5.02 Å². The first kappa shape index (κ1) is 26.2. The van der Waals surface area contributed by atoms with E-state index < -0.39 is 22.9 Å². The lowest BCUT2D eigenvalue weighted by atomic mass is 10.1. The monoisotopic (exact) mass is 538 g/mol. The van der Waals surface area contributed by atoms with Crippen LogP contribution in [-0.4, -0.2) is 29.2 Å². The number of nitrogens with one attached hydrogen (secondary N) is 2. The third kappa shape index (κ3) is 5.95. The summed E-state index contributed by atoms with van der Waals surface area (Å²) < 4.78 is 18.8. The van der Waals surface area contributed by atoms with E-state index in [1.54, 1.807) is 24.3 Å². The predicted octanol–water partition coefficient (Wildman–Crippen LogP) is 5.74. The van der Waals surface area contributed by atoms with Gasteiger partial charge in [0.1, 0.15) is 21.9 Å². The van der Waals surface area contributed by atoms with Gasteiger partial charge in [-0.25, -0.2) is 9.38 Å². The Morgan fingerprint density at radius 3 is 2.49 bits per heavy atom. The largest absolute Gasteiger partial charge is 0.497 e. The highest BCUT2D eigenvalue weighted by molar-refractivity contribution is 8.16. The van der Waals surface area contributed by atoms with Crippen molar-refractivity contribution in [3.8, 4) is 5.75 Å². The molecule has 10 heteroatoms. The van der Waals surface area contributed by atoms with Crippen molar-refractivity contribution in [3.05, 3.63) is 93.9 Å². The number of ether oxygens (including phenoxy) is 1. The molecule has 7 nitrogen and oxygen atoms in total. The lowest BCUT2D eigenvalue weighted by Gasteiger charge is -2.12. The van der Waals surface area contributed by atoms with Gasteiger partial charge < -0.3 is 21.1 Å². The molecular weight excluding hydrogens is 515 g/mol. The molecule has 1 atom stereocenters. The fourth-order valence-electron chi connectivity index (χ4n) is 3.58. The van der Waals surface area contributed by atoms with Crippen molar-refractivity contribution in [2.75, 3.05) is 17.7 Å². The van der Waals surface area contributed by atoms with Gasteiger partial charge in [0, 0.05) is 23.1 Å². The zero-order valence-corrected chi connectivity index (χ0v) is 21.8. The number of halogens is 2. The topological polar surface area (TPSA) is 106 Å². The molecule has 0 saturated carbocycles. The lowest BCUT2D eigenvalue weighted by Crippen LogP contribution is -2.29. The Labute approximate surface area is 222 Å². The normalized spacial score (nSPS) is 16.1. The molecule has 0 fully saturated rings. The van der Waals surface area contributed by atoms with E-state index in [1.165, 1.54) is 19.2 Å². The predicted molar refractivity (Wildman–Crippen MR) is 147 cm³/mol. The Bertz CT molecular complexity index is 1460. The average Bonchev–Trinajstić information content (AvgIpc) is 3.19. The Morgan fingerprint density at radius 1 is 1.03 bits per heavy atom. The van der Waals surface area contributed by atoms with Crippen LogP contribution >= 0.6 is 23.4 Å². The van der Waals surface area contributed by atoms with Gasteiger partial charge in [-0.3, -0.25) is 9.59 Å². The van der Waals surface area contributed by atoms with Crippen molar-refractivity contribution >= 4 is 57.3 Å². The number of carbonyl (C=O) groups excluding carboxylic acids is 2. The minimum atomic E-state index is -0.944. The van der Waals surface area contributed by atoms with Crippen LogP contribution in [-0.2, 0) is 9.59 Å². The SMILES string of the molecule is COc1cccc(NC(=O)C2=C(N)C(C(=O)Nc3ccc(F)c(Cl)c3)SC2=Nc2ccc(C)c(C)c2)c1. The average molecular weight is 539 g/mol. The molecule has 3 aromatic rings. The summed E-state index contributed by atoms with van der Waals surface area (Å²) >= 11 is 6.90. The number of carbonyl (C=O) groups is 2. The van der Waals surface area contributed by atoms with E-state index in [9.17, 15) is 14.0 Å². The summed E-state index contributed by atoms with van der Waals surface area (Å²) in [4.78, 5) is 31.2. The molecule has 0 bridgehead atoms. The number of hydrogen-bond donors (Lipinski definition) is 3. The molecule has 0 aromatic heterocycles. The maximum Gasteiger partial charge on any atom is 0.260 e. The third-order valence-electron chi connectivity index (χ3n) is 5.72. The van der Waals surface area contributed by atoms with E-state index in [0.717, 1.165) is 29.0 Å². The first-order valence-electron chi connectivity index (χ1n) is 11.2. The summed E-state index contributed by atoms with van der Waals surface area (Å²) in [5.41, 5.74) is 10.1. The summed E-state index contributed by atoms with van der Waals surface area (Å²) in [5.74, 6) is -1.04. The molecule has 4 rings (SSSR count). The number of nitrogens with two attached hydrogens (primary N) is 1. The smallest absolute Gasteiger partial charge is 0.260 e. The van der Waals surface area contributed by atoms with Gasteiger partial charge in [-0.2, -0.15) is 0 Å². The number of rotatable bonds is 6. The van der Waals surface area contributed by atoms with Crippen LogP contribution in [0.5, 0.6) is 5.75 Å². The minimum Gasteiger partial charge on any atom is -0.497 e. The highest BCUT2D eigenvalue weighted by Gasteiger charge is 2.38. The second-order valence-corrected chi connectivity index (χ2v) is 9.82. The molecule has 0 saturated heterocycles. The summed E-state index contributed by atoms with van der Waals surface area (Å²) in [6.45, 7) is 3.95.